The molecule has 0 amide bonds. The molecule has 0 N–H and O–H groups in total. The van der Waals surface area contributed by atoms with Gasteiger partial charge in [0.25, 0.3) is 0 Å². The SMILES string of the molecule is O=C(COc1ccc(F)c(Cl)c1)C1CC1. The van der Waals surface area contributed by atoms with Crippen LogP contribution in [0, 0.1) is 11.7 Å². The van der Waals surface area contributed by atoms with Crippen molar-refractivity contribution in [2.24, 2.45) is 5.92 Å². The van der Waals surface area contributed by atoms with Crippen molar-refractivity contribution in [3.05, 3.63) is 29.0 Å². The summed E-state index contributed by atoms with van der Waals surface area (Å²) < 4.78 is 18.0. The topological polar surface area (TPSA) is 26.3 Å². The van der Waals surface area contributed by atoms with Gasteiger partial charge < -0.3 is 4.74 Å². The fraction of sp³-hybridized carbons (Fsp3) is 0.364. The summed E-state index contributed by atoms with van der Waals surface area (Å²) in [7, 11) is 0. The van der Waals surface area contributed by atoms with Gasteiger partial charge in [0.1, 0.15) is 18.2 Å². The number of benzene rings is 1. The second-order valence-electron chi connectivity index (χ2n) is 3.61. The van der Waals surface area contributed by atoms with Crippen LogP contribution in [0.1, 0.15) is 12.8 Å². The molecule has 0 atom stereocenters. The van der Waals surface area contributed by atoms with Gasteiger partial charge in [-0.2, -0.15) is 0 Å². The minimum atomic E-state index is -0.488. The van der Waals surface area contributed by atoms with Gasteiger partial charge in [-0.05, 0) is 25.0 Å². The van der Waals surface area contributed by atoms with E-state index in [1.165, 1.54) is 18.2 Å². The smallest absolute Gasteiger partial charge is 0.173 e. The molecule has 0 unspecified atom stereocenters. The Kier molecular flexibility index (Phi) is 2.91. The molecule has 0 saturated heterocycles. The predicted octanol–water partition coefficient (Wildman–Crippen LogP) is 2.84. The summed E-state index contributed by atoms with van der Waals surface area (Å²) in [6, 6.07) is 4.05. The first-order chi connectivity index (χ1) is 7.16. The zero-order valence-electron chi connectivity index (χ0n) is 8.00. The third-order valence-corrected chi connectivity index (χ3v) is 2.59. The molecule has 1 aromatic carbocycles. The summed E-state index contributed by atoms with van der Waals surface area (Å²) in [6.45, 7) is 0.0482. The lowest BCUT2D eigenvalue weighted by Gasteiger charge is -2.05. The summed E-state index contributed by atoms with van der Waals surface area (Å²) in [5, 5.41) is 0.00590. The largest absolute Gasteiger partial charge is 0.486 e. The van der Waals surface area contributed by atoms with E-state index < -0.39 is 5.82 Å². The first-order valence-corrected chi connectivity index (χ1v) is 5.15. The number of ether oxygens (including phenoxy) is 1. The highest BCUT2D eigenvalue weighted by molar-refractivity contribution is 6.30. The van der Waals surface area contributed by atoms with Crippen LogP contribution in [0.25, 0.3) is 0 Å². The molecule has 15 heavy (non-hydrogen) atoms. The summed E-state index contributed by atoms with van der Waals surface area (Å²) in [5.74, 6) is 0.226. The average molecular weight is 229 g/mol. The van der Waals surface area contributed by atoms with Crippen LogP contribution in [0.4, 0.5) is 4.39 Å². The molecule has 1 aliphatic rings. The Bertz CT molecular complexity index is 388. The molecule has 0 bridgehead atoms. The van der Waals surface area contributed by atoms with Crippen LogP contribution < -0.4 is 4.74 Å². The standard InChI is InChI=1S/C11H10ClFO2/c12-9-5-8(3-4-10(9)13)15-6-11(14)7-1-2-7/h3-5,7H,1-2,6H2. The minimum absolute atomic E-state index is 0.00590. The second kappa shape index (κ2) is 4.19. The summed E-state index contributed by atoms with van der Waals surface area (Å²) in [4.78, 5) is 11.3. The maximum atomic E-state index is 12.8. The van der Waals surface area contributed by atoms with Gasteiger partial charge in [-0.25, -0.2) is 4.39 Å². The third-order valence-electron chi connectivity index (χ3n) is 2.30. The van der Waals surface area contributed by atoms with Gasteiger partial charge in [-0.1, -0.05) is 11.6 Å². The van der Waals surface area contributed by atoms with Gasteiger partial charge in [-0.15, -0.1) is 0 Å². The van der Waals surface area contributed by atoms with Gasteiger partial charge in [-0.3, -0.25) is 4.79 Å². The van der Waals surface area contributed by atoms with Gasteiger partial charge in [0.15, 0.2) is 5.78 Å². The Morgan fingerprint density at radius 3 is 2.87 bits per heavy atom. The van der Waals surface area contributed by atoms with Crippen molar-refractivity contribution < 1.29 is 13.9 Å². The van der Waals surface area contributed by atoms with Crippen LogP contribution in [-0.2, 0) is 4.79 Å². The summed E-state index contributed by atoms with van der Waals surface area (Å²) in [6.07, 6.45) is 1.93. The number of carbonyl (C=O) groups is 1. The van der Waals surface area contributed by atoms with Crippen LogP contribution in [0.5, 0.6) is 5.75 Å². The molecule has 1 fully saturated rings. The highest BCUT2D eigenvalue weighted by atomic mass is 35.5. The highest BCUT2D eigenvalue weighted by Crippen LogP contribution is 2.30. The molecule has 0 aromatic heterocycles. The molecule has 1 aliphatic carbocycles. The molecule has 1 saturated carbocycles. The summed E-state index contributed by atoms with van der Waals surface area (Å²) >= 11 is 5.56. The van der Waals surface area contributed by atoms with E-state index in [4.69, 9.17) is 16.3 Å². The fourth-order valence-electron chi connectivity index (χ4n) is 1.24. The molecule has 0 heterocycles. The number of hydrogen-bond acceptors (Lipinski definition) is 2. The molecule has 4 heteroatoms. The third kappa shape index (κ3) is 2.69. The quantitative estimate of drug-likeness (QED) is 0.792. The van der Waals surface area contributed by atoms with Gasteiger partial charge in [0, 0.05) is 12.0 Å². The second-order valence-corrected chi connectivity index (χ2v) is 4.01. The van der Waals surface area contributed by atoms with E-state index in [2.05, 4.69) is 0 Å². The summed E-state index contributed by atoms with van der Waals surface area (Å²) in [5.41, 5.74) is 0. The molecule has 2 nitrogen and oxygen atoms in total. The molecule has 0 radical (unpaired) electrons. The maximum Gasteiger partial charge on any atom is 0.173 e. The van der Waals surface area contributed by atoms with Crippen LogP contribution in [0.15, 0.2) is 18.2 Å². The van der Waals surface area contributed by atoms with E-state index in [9.17, 15) is 9.18 Å². The number of hydrogen-bond donors (Lipinski definition) is 0. The van der Waals surface area contributed by atoms with E-state index in [-0.39, 0.29) is 23.3 Å². The minimum Gasteiger partial charge on any atom is -0.486 e. The Balaban J connectivity index is 1.92. The molecule has 1 aromatic rings. The lowest BCUT2D eigenvalue weighted by Crippen LogP contribution is -2.12. The zero-order valence-corrected chi connectivity index (χ0v) is 8.76. The molecular weight excluding hydrogens is 219 g/mol. The normalized spacial score (nSPS) is 15.1. The van der Waals surface area contributed by atoms with Crippen molar-refractivity contribution in [1.29, 1.82) is 0 Å². The van der Waals surface area contributed by atoms with Crippen molar-refractivity contribution in [2.75, 3.05) is 6.61 Å². The maximum absolute atomic E-state index is 12.8. The van der Waals surface area contributed by atoms with Crippen LogP contribution in [0.2, 0.25) is 5.02 Å². The lowest BCUT2D eigenvalue weighted by molar-refractivity contribution is -0.122. The average Bonchev–Trinajstić information content (AvgIpc) is 3.03. The molecule has 2 rings (SSSR count). The number of Topliss-reactive ketones (excluding diaryl/α,β-unsaturated/α-hetero) is 1. The van der Waals surface area contributed by atoms with Crippen LogP contribution in [0.3, 0.4) is 0 Å². The number of ketones is 1. The first-order valence-electron chi connectivity index (χ1n) is 4.77. The number of carbonyl (C=O) groups excluding carboxylic acids is 1. The van der Waals surface area contributed by atoms with E-state index in [1.54, 1.807) is 0 Å². The molecule has 0 spiro atoms. The van der Waals surface area contributed by atoms with Crippen molar-refractivity contribution in [3.8, 4) is 5.75 Å². The molecule has 80 valence electrons. The van der Waals surface area contributed by atoms with E-state index >= 15 is 0 Å². The predicted molar refractivity (Wildman–Crippen MR) is 54.6 cm³/mol. The van der Waals surface area contributed by atoms with Crippen molar-refractivity contribution in [3.63, 3.8) is 0 Å². The Morgan fingerprint density at radius 1 is 1.53 bits per heavy atom. The lowest BCUT2D eigenvalue weighted by atomic mass is 10.3. The van der Waals surface area contributed by atoms with Crippen molar-refractivity contribution >= 4 is 17.4 Å². The molecule has 0 aliphatic heterocycles. The Labute approximate surface area is 92.0 Å². The van der Waals surface area contributed by atoms with Gasteiger partial charge in [0.05, 0.1) is 5.02 Å². The van der Waals surface area contributed by atoms with Crippen molar-refractivity contribution in [1.82, 2.24) is 0 Å². The highest BCUT2D eigenvalue weighted by Gasteiger charge is 2.29. The van der Waals surface area contributed by atoms with Crippen LogP contribution in [-0.4, -0.2) is 12.4 Å². The van der Waals surface area contributed by atoms with E-state index in [0.29, 0.717) is 5.75 Å². The van der Waals surface area contributed by atoms with Crippen molar-refractivity contribution in [2.45, 2.75) is 12.8 Å². The zero-order chi connectivity index (χ0) is 10.8. The first kappa shape index (κ1) is 10.4. The van der Waals surface area contributed by atoms with E-state index in [0.717, 1.165) is 12.8 Å². The van der Waals surface area contributed by atoms with Gasteiger partial charge >= 0.3 is 0 Å². The van der Waals surface area contributed by atoms with E-state index in [1.807, 2.05) is 0 Å². The van der Waals surface area contributed by atoms with Gasteiger partial charge in [0.2, 0.25) is 0 Å². The number of halogens is 2. The molecular formula is C11H10ClFO2. The fourth-order valence-corrected chi connectivity index (χ4v) is 1.41. The Hall–Kier alpha value is -1.09. The Morgan fingerprint density at radius 2 is 2.27 bits per heavy atom. The number of rotatable bonds is 4. The van der Waals surface area contributed by atoms with Crippen LogP contribution >= 0.6 is 11.6 Å². The monoisotopic (exact) mass is 228 g/mol.